The monoisotopic (exact) mass is 296 g/mol. The molecule has 0 amide bonds. The van der Waals surface area contributed by atoms with E-state index in [0.717, 1.165) is 17.6 Å². The van der Waals surface area contributed by atoms with Crippen LogP contribution in [0.4, 0.5) is 5.69 Å². The Morgan fingerprint density at radius 2 is 1.88 bits per heavy atom. The minimum absolute atomic E-state index is 0.499. The fraction of sp³-hybridized carbons (Fsp3) is 0.571. The first-order valence-electron chi connectivity index (χ1n) is 6.25. The molecule has 0 aromatic heterocycles. The number of nitrogens with two attached hydrogens (primary N) is 1. The molecule has 0 radical (unpaired) electrons. The maximum Gasteiger partial charge on any atom is 0.0380 e. The van der Waals surface area contributed by atoms with Gasteiger partial charge in [0.05, 0.1) is 0 Å². The Labute approximate surface area is 112 Å². The zero-order valence-corrected chi connectivity index (χ0v) is 12.3. The van der Waals surface area contributed by atoms with Crippen LogP contribution in [-0.2, 0) is 6.54 Å². The summed E-state index contributed by atoms with van der Waals surface area (Å²) in [6, 6.07) is 6.50. The SMILES string of the molecule is CC1(C)CCN(c2cc(Br)cc(CN)c2)CC1. The maximum absolute atomic E-state index is 5.72. The van der Waals surface area contributed by atoms with Gasteiger partial charge in [0.15, 0.2) is 0 Å². The van der Waals surface area contributed by atoms with Gasteiger partial charge in [-0.25, -0.2) is 0 Å². The summed E-state index contributed by atoms with van der Waals surface area (Å²) < 4.78 is 1.13. The van der Waals surface area contributed by atoms with Crippen molar-refractivity contribution < 1.29 is 0 Å². The van der Waals surface area contributed by atoms with Crippen LogP contribution in [0, 0.1) is 5.41 Å². The molecule has 0 unspecified atom stereocenters. The summed E-state index contributed by atoms with van der Waals surface area (Å²) >= 11 is 3.56. The van der Waals surface area contributed by atoms with Crippen molar-refractivity contribution in [3.8, 4) is 0 Å². The Hall–Kier alpha value is -0.540. The van der Waals surface area contributed by atoms with Crippen LogP contribution in [0.3, 0.4) is 0 Å². The third kappa shape index (κ3) is 3.23. The molecule has 0 bridgehead atoms. The average molecular weight is 297 g/mol. The van der Waals surface area contributed by atoms with Crippen LogP contribution < -0.4 is 10.6 Å². The fourth-order valence-electron chi connectivity index (χ4n) is 2.30. The smallest absolute Gasteiger partial charge is 0.0380 e. The molecule has 94 valence electrons. The molecule has 2 rings (SSSR count). The molecule has 1 heterocycles. The van der Waals surface area contributed by atoms with Crippen molar-refractivity contribution in [3.63, 3.8) is 0 Å². The van der Waals surface area contributed by atoms with Gasteiger partial charge in [0, 0.05) is 29.8 Å². The van der Waals surface area contributed by atoms with Crippen LogP contribution in [0.5, 0.6) is 0 Å². The highest BCUT2D eigenvalue weighted by molar-refractivity contribution is 9.10. The maximum atomic E-state index is 5.72. The van der Waals surface area contributed by atoms with Gasteiger partial charge >= 0.3 is 0 Å². The van der Waals surface area contributed by atoms with Gasteiger partial charge in [0.25, 0.3) is 0 Å². The first-order valence-corrected chi connectivity index (χ1v) is 7.04. The second kappa shape index (κ2) is 4.99. The van der Waals surface area contributed by atoms with Gasteiger partial charge in [0.2, 0.25) is 0 Å². The molecule has 17 heavy (non-hydrogen) atoms. The fourth-order valence-corrected chi connectivity index (χ4v) is 2.83. The number of halogens is 1. The second-order valence-electron chi connectivity index (χ2n) is 5.67. The van der Waals surface area contributed by atoms with Gasteiger partial charge in [-0.15, -0.1) is 0 Å². The van der Waals surface area contributed by atoms with Crippen molar-refractivity contribution in [1.29, 1.82) is 0 Å². The number of hydrogen-bond donors (Lipinski definition) is 1. The molecule has 1 aliphatic rings. The topological polar surface area (TPSA) is 29.3 Å². The number of rotatable bonds is 2. The van der Waals surface area contributed by atoms with E-state index in [2.05, 4.69) is 52.9 Å². The van der Waals surface area contributed by atoms with Crippen LogP contribution in [0.1, 0.15) is 32.3 Å². The Bertz CT molecular complexity index is 391. The van der Waals surface area contributed by atoms with Crippen LogP contribution >= 0.6 is 15.9 Å². The third-order valence-electron chi connectivity index (χ3n) is 3.66. The molecule has 3 heteroatoms. The lowest BCUT2D eigenvalue weighted by Crippen LogP contribution is -2.37. The van der Waals surface area contributed by atoms with E-state index in [-0.39, 0.29) is 0 Å². The Kier molecular flexibility index (Phi) is 3.79. The summed E-state index contributed by atoms with van der Waals surface area (Å²) in [7, 11) is 0. The quantitative estimate of drug-likeness (QED) is 0.904. The normalized spacial score (nSPS) is 19.4. The Morgan fingerprint density at radius 1 is 1.24 bits per heavy atom. The molecular weight excluding hydrogens is 276 g/mol. The number of hydrogen-bond acceptors (Lipinski definition) is 2. The highest BCUT2D eigenvalue weighted by Crippen LogP contribution is 2.33. The highest BCUT2D eigenvalue weighted by atomic mass is 79.9. The summed E-state index contributed by atoms with van der Waals surface area (Å²) in [6.45, 7) is 7.61. The molecule has 0 aliphatic carbocycles. The molecule has 0 saturated carbocycles. The van der Waals surface area contributed by atoms with Gasteiger partial charge in [-0.3, -0.25) is 0 Å². The predicted octanol–water partition coefficient (Wildman–Crippen LogP) is 3.53. The van der Waals surface area contributed by atoms with E-state index in [9.17, 15) is 0 Å². The lowest BCUT2D eigenvalue weighted by molar-refractivity contribution is 0.280. The van der Waals surface area contributed by atoms with E-state index in [1.807, 2.05) is 0 Å². The molecule has 1 fully saturated rings. The Balaban J connectivity index is 2.15. The minimum Gasteiger partial charge on any atom is -0.371 e. The highest BCUT2D eigenvalue weighted by Gasteiger charge is 2.25. The molecule has 1 aliphatic heterocycles. The van der Waals surface area contributed by atoms with Crippen molar-refractivity contribution >= 4 is 21.6 Å². The molecule has 2 N–H and O–H groups in total. The molecule has 0 atom stereocenters. The lowest BCUT2D eigenvalue weighted by atomic mass is 9.82. The van der Waals surface area contributed by atoms with Gasteiger partial charge in [-0.05, 0) is 42.0 Å². The van der Waals surface area contributed by atoms with Crippen LogP contribution in [-0.4, -0.2) is 13.1 Å². The van der Waals surface area contributed by atoms with Crippen molar-refractivity contribution in [2.75, 3.05) is 18.0 Å². The largest absolute Gasteiger partial charge is 0.371 e. The van der Waals surface area contributed by atoms with E-state index < -0.39 is 0 Å². The number of nitrogens with zero attached hydrogens (tertiary/aromatic N) is 1. The second-order valence-corrected chi connectivity index (χ2v) is 6.59. The summed E-state index contributed by atoms with van der Waals surface area (Å²) in [6.07, 6.45) is 2.52. The van der Waals surface area contributed by atoms with Crippen LogP contribution in [0.15, 0.2) is 22.7 Å². The average Bonchev–Trinajstić information content (AvgIpc) is 2.28. The molecule has 1 aromatic carbocycles. The van der Waals surface area contributed by atoms with E-state index >= 15 is 0 Å². The van der Waals surface area contributed by atoms with Crippen molar-refractivity contribution in [3.05, 3.63) is 28.2 Å². The van der Waals surface area contributed by atoms with Gasteiger partial charge in [0.1, 0.15) is 0 Å². The van der Waals surface area contributed by atoms with Gasteiger partial charge in [-0.2, -0.15) is 0 Å². The zero-order valence-electron chi connectivity index (χ0n) is 10.7. The summed E-state index contributed by atoms with van der Waals surface area (Å²) in [5.41, 5.74) is 8.72. The molecule has 0 spiro atoms. The summed E-state index contributed by atoms with van der Waals surface area (Å²) in [5, 5.41) is 0. The zero-order chi connectivity index (χ0) is 12.5. The summed E-state index contributed by atoms with van der Waals surface area (Å²) in [4.78, 5) is 2.47. The molecule has 1 saturated heterocycles. The Morgan fingerprint density at radius 3 is 2.47 bits per heavy atom. The molecule has 2 nitrogen and oxygen atoms in total. The van der Waals surface area contributed by atoms with E-state index in [4.69, 9.17) is 5.73 Å². The van der Waals surface area contributed by atoms with E-state index in [1.165, 1.54) is 24.1 Å². The first-order chi connectivity index (χ1) is 8.00. The van der Waals surface area contributed by atoms with E-state index in [0.29, 0.717) is 12.0 Å². The van der Waals surface area contributed by atoms with Crippen LogP contribution in [0.2, 0.25) is 0 Å². The number of anilines is 1. The first kappa shape index (κ1) is 12.9. The van der Waals surface area contributed by atoms with Gasteiger partial charge in [-0.1, -0.05) is 29.8 Å². The van der Waals surface area contributed by atoms with Crippen LogP contribution in [0.25, 0.3) is 0 Å². The standard InChI is InChI=1S/C14H21BrN2/c1-14(2)3-5-17(6-4-14)13-8-11(10-16)7-12(15)9-13/h7-9H,3-6,10,16H2,1-2H3. The lowest BCUT2D eigenvalue weighted by Gasteiger charge is -2.38. The molecule has 1 aromatic rings. The minimum atomic E-state index is 0.499. The van der Waals surface area contributed by atoms with E-state index in [1.54, 1.807) is 0 Å². The number of piperidine rings is 1. The third-order valence-corrected chi connectivity index (χ3v) is 4.12. The number of benzene rings is 1. The predicted molar refractivity (Wildman–Crippen MR) is 77.3 cm³/mol. The van der Waals surface area contributed by atoms with Gasteiger partial charge < -0.3 is 10.6 Å². The summed E-state index contributed by atoms with van der Waals surface area (Å²) in [5.74, 6) is 0. The molecular formula is C14H21BrN2. The van der Waals surface area contributed by atoms with Crippen molar-refractivity contribution in [2.24, 2.45) is 11.1 Å². The van der Waals surface area contributed by atoms with Crippen molar-refractivity contribution in [1.82, 2.24) is 0 Å². The van der Waals surface area contributed by atoms with Crippen molar-refractivity contribution in [2.45, 2.75) is 33.2 Å².